The first-order valence-electron chi connectivity index (χ1n) is 6.36. The molecular weight excluding hydrogens is 252 g/mol. The molecule has 1 saturated carbocycles. The number of nitrogens with two attached hydrogens (primary N) is 1. The summed E-state index contributed by atoms with van der Waals surface area (Å²) in [5.41, 5.74) is 4.89. The van der Waals surface area contributed by atoms with E-state index in [4.69, 9.17) is 15.9 Å². The minimum atomic E-state index is -1.01. The van der Waals surface area contributed by atoms with Gasteiger partial charge >= 0.3 is 11.9 Å². The lowest BCUT2D eigenvalue weighted by atomic mass is 9.92. The molecule has 5 N–H and O–H groups in total. The van der Waals surface area contributed by atoms with Crippen molar-refractivity contribution in [3.8, 4) is 0 Å². The van der Waals surface area contributed by atoms with Gasteiger partial charge < -0.3 is 21.3 Å². The number of hydrogen-bond acceptors (Lipinski definition) is 4. The van der Waals surface area contributed by atoms with E-state index in [9.17, 15) is 14.4 Å². The third kappa shape index (κ3) is 4.86. The van der Waals surface area contributed by atoms with Crippen molar-refractivity contribution in [2.45, 2.75) is 56.5 Å². The van der Waals surface area contributed by atoms with E-state index < -0.39 is 29.4 Å². The van der Waals surface area contributed by atoms with E-state index in [1.165, 1.54) is 0 Å². The van der Waals surface area contributed by atoms with Gasteiger partial charge in [0.15, 0.2) is 0 Å². The number of carboxylic acids is 2. The lowest BCUT2D eigenvalue weighted by Crippen LogP contribution is -2.53. The second-order valence-corrected chi connectivity index (χ2v) is 5.09. The van der Waals surface area contributed by atoms with Crippen molar-refractivity contribution in [1.29, 1.82) is 0 Å². The fraction of sp³-hybridized carbons (Fsp3) is 0.750. The van der Waals surface area contributed by atoms with Crippen molar-refractivity contribution in [3.63, 3.8) is 0 Å². The van der Waals surface area contributed by atoms with Gasteiger partial charge in [-0.3, -0.25) is 14.4 Å². The predicted molar refractivity (Wildman–Crippen MR) is 66.4 cm³/mol. The Morgan fingerprint density at radius 1 is 1.16 bits per heavy atom. The van der Waals surface area contributed by atoms with Crippen LogP contribution in [-0.4, -0.2) is 39.6 Å². The van der Waals surface area contributed by atoms with Crippen molar-refractivity contribution in [2.24, 2.45) is 5.73 Å². The Morgan fingerprint density at radius 2 is 1.74 bits per heavy atom. The zero-order valence-electron chi connectivity index (χ0n) is 10.7. The van der Waals surface area contributed by atoms with Crippen LogP contribution in [0.1, 0.15) is 44.9 Å². The highest BCUT2D eigenvalue weighted by Crippen LogP contribution is 2.32. The van der Waals surface area contributed by atoms with Crippen LogP contribution < -0.4 is 11.1 Å². The van der Waals surface area contributed by atoms with E-state index in [0.29, 0.717) is 12.8 Å². The van der Waals surface area contributed by atoms with Gasteiger partial charge in [0.1, 0.15) is 0 Å². The van der Waals surface area contributed by atoms with E-state index >= 15 is 0 Å². The third-order valence-electron chi connectivity index (χ3n) is 3.44. The van der Waals surface area contributed by atoms with Gasteiger partial charge in [0.25, 0.3) is 0 Å². The summed E-state index contributed by atoms with van der Waals surface area (Å²) >= 11 is 0. The smallest absolute Gasteiger partial charge is 0.305 e. The topological polar surface area (TPSA) is 130 Å². The standard InChI is InChI=1S/C12H20N2O5/c13-8(3-4-9(15)16)11(19)14-12(7-10(17)18)5-1-2-6-12/h8H,1-7,13H2,(H,14,19)(H,15,16)(H,17,18). The molecule has 0 bridgehead atoms. The average Bonchev–Trinajstić information content (AvgIpc) is 2.72. The molecule has 7 heteroatoms. The monoisotopic (exact) mass is 272 g/mol. The average molecular weight is 272 g/mol. The largest absolute Gasteiger partial charge is 0.481 e. The molecule has 7 nitrogen and oxygen atoms in total. The highest BCUT2D eigenvalue weighted by atomic mass is 16.4. The number of rotatable bonds is 7. The van der Waals surface area contributed by atoms with Crippen LogP contribution in [0.5, 0.6) is 0 Å². The normalized spacial score (nSPS) is 18.8. The number of carboxylic acid groups (broad SMARTS) is 2. The second kappa shape index (κ2) is 6.51. The molecule has 1 aliphatic carbocycles. The van der Waals surface area contributed by atoms with Gasteiger partial charge in [-0.25, -0.2) is 0 Å². The Bertz CT molecular complexity index is 363. The van der Waals surface area contributed by atoms with Crippen LogP contribution in [-0.2, 0) is 14.4 Å². The third-order valence-corrected chi connectivity index (χ3v) is 3.44. The molecule has 0 radical (unpaired) electrons. The van der Waals surface area contributed by atoms with E-state index in [2.05, 4.69) is 5.32 Å². The maximum atomic E-state index is 11.9. The number of carbonyl (C=O) groups excluding carboxylic acids is 1. The van der Waals surface area contributed by atoms with Crippen LogP contribution in [0.25, 0.3) is 0 Å². The maximum Gasteiger partial charge on any atom is 0.305 e. The minimum Gasteiger partial charge on any atom is -0.481 e. The lowest BCUT2D eigenvalue weighted by Gasteiger charge is -2.30. The molecule has 108 valence electrons. The molecule has 1 rings (SSSR count). The summed E-state index contributed by atoms with van der Waals surface area (Å²) in [5, 5.41) is 20.1. The fourth-order valence-electron chi connectivity index (χ4n) is 2.45. The van der Waals surface area contributed by atoms with Crippen molar-refractivity contribution < 1.29 is 24.6 Å². The van der Waals surface area contributed by atoms with Gasteiger partial charge in [-0.1, -0.05) is 12.8 Å². The fourth-order valence-corrected chi connectivity index (χ4v) is 2.45. The van der Waals surface area contributed by atoms with Crippen LogP contribution in [0.4, 0.5) is 0 Å². The lowest BCUT2D eigenvalue weighted by molar-refractivity contribution is -0.139. The summed E-state index contributed by atoms with van der Waals surface area (Å²) < 4.78 is 0. The van der Waals surface area contributed by atoms with Gasteiger partial charge in [0, 0.05) is 6.42 Å². The summed E-state index contributed by atoms with van der Waals surface area (Å²) in [6.07, 6.45) is 2.73. The number of aliphatic carboxylic acids is 2. The summed E-state index contributed by atoms with van der Waals surface area (Å²) in [4.78, 5) is 33.2. The number of carbonyl (C=O) groups is 3. The molecule has 1 aliphatic rings. The van der Waals surface area contributed by atoms with Crippen molar-refractivity contribution >= 4 is 17.8 Å². The first-order valence-corrected chi connectivity index (χ1v) is 6.36. The SMILES string of the molecule is NC(CCC(=O)O)C(=O)NC1(CC(=O)O)CCCC1. The Kier molecular flexibility index (Phi) is 5.29. The van der Waals surface area contributed by atoms with Gasteiger partial charge in [-0.15, -0.1) is 0 Å². The van der Waals surface area contributed by atoms with E-state index in [1.54, 1.807) is 0 Å². The highest BCUT2D eigenvalue weighted by Gasteiger charge is 2.38. The van der Waals surface area contributed by atoms with Crippen LogP contribution in [0.3, 0.4) is 0 Å². The van der Waals surface area contributed by atoms with E-state index in [1.807, 2.05) is 0 Å². The minimum absolute atomic E-state index is 0.0460. The van der Waals surface area contributed by atoms with Crippen molar-refractivity contribution in [3.05, 3.63) is 0 Å². The predicted octanol–water partition coefficient (Wildman–Crippen LogP) is 0.0822. The molecule has 1 amide bonds. The zero-order valence-corrected chi connectivity index (χ0v) is 10.7. The Labute approximate surface area is 111 Å². The van der Waals surface area contributed by atoms with Crippen LogP contribution >= 0.6 is 0 Å². The molecule has 1 atom stereocenters. The molecule has 0 aromatic heterocycles. The van der Waals surface area contributed by atoms with Crippen LogP contribution in [0, 0.1) is 0 Å². The highest BCUT2D eigenvalue weighted by molar-refractivity contribution is 5.83. The molecule has 0 aromatic rings. The molecule has 1 unspecified atom stereocenters. The zero-order chi connectivity index (χ0) is 14.5. The van der Waals surface area contributed by atoms with Crippen molar-refractivity contribution in [1.82, 2.24) is 5.32 Å². The summed E-state index contributed by atoms with van der Waals surface area (Å²) in [6.45, 7) is 0. The maximum absolute atomic E-state index is 11.9. The Hall–Kier alpha value is -1.63. The first kappa shape index (κ1) is 15.4. The van der Waals surface area contributed by atoms with Gasteiger partial charge in [0.05, 0.1) is 18.0 Å². The summed E-state index contributed by atoms with van der Waals surface area (Å²) in [5.74, 6) is -2.44. The molecule has 0 aliphatic heterocycles. The van der Waals surface area contributed by atoms with Gasteiger partial charge in [-0.05, 0) is 19.3 Å². The summed E-state index contributed by atoms with van der Waals surface area (Å²) in [6, 6.07) is -0.914. The van der Waals surface area contributed by atoms with Crippen molar-refractivity contribution in [2.75, 3.05) is 0 Å². The van der Waals surface area contributed by atoms with E-state index in [0.717, 1.165) is 12.8 Å². The second-order valence-electron chi connectivity index (χ2n) is 5.09. The molecule has 0 saturated heterocycles. The molecule has 0 aromatic carbocycles. The molecular formula is C12H20N2O5. The van der Waals surface area contributed by atoms with Crippen LogP contribution in [0.2, 0.25) is 0 Å². The van der Waals surface area contributed by atoms with Crippen LogP contribution in [0.15, 0.2) is 0 Å². The number of hydrogen-bond donors (Lipinski definition) is 4. The quantitative estimate of drug-likeness (QED) is 0.519. The van der Waals surface area contributed by atoms with E-state index in [-0.39, 0.29) is 19.3 Å². The number of amides is 1. The Balaban J connectivity index is 2.56. The van der Waals surface area contributed by atoms with Gasteiger partial charge in [0.2, 0.25) is 5.91 Å². The number of nitrogens with one attached hydrogen (secondary N) is 1. The molecule has 0 heterocycles. The molecule has 1 fully saturated rings. The first-order chi connectivity index (χ1) is 8.84. The Morgan fingerprint density at radius 3 is 2.21 bits per heavy atom. The summed E-state index contributed by atoms with van der Waals surface area (Å²) in [7, 11) is 0. The van der Waals surface area contributed by atoms with Gasteiger partial charge in [-0.2, -0.15) is 0 Å². The molecule has 0 spiro atoms. The molecule has 19 heavy (non-hydrogen) atoms.